The molecule has 0 amide bonds. The number of sulfonamides is 1. The van der Waals surface area contributed by atoms with Gasteiger partial charge in [-0.1, -0.05) is 88.1 Å². The van der Waals surface area contributed by atoms with Crippen LogP contribution in [-0.2, 0) is 23.0 Å². The van der Waals surface area contributed by atoms with Crippen LogP contribution in [0.25, 0.3) is 0 Å². The number of hydrogen-bond donors (Lipinski definition) is 2. The number of nitrogens with zero attached hydrogens (tertiary/aromatic N) is 1. The third-order valence-corrected chi connectivity index (χ3v) is 10.3. The Morgan fingerprint density at radius 1 is 1.00 bits per heavy atom. The van der Waals surface area contributed by atoms with Gasteiger partial charge >= 0.3 is 0 Å². The molecule has 7 heteroatoms. The van der Waals surface area contributed by atoms with Gasteiger partial charge in [-0.3, -0.25) is 0 Å². The summed E-state index contributed by atoms with van der Waals surface area (Å²) in [6.07, 6.45) is 9.43. The molecule has 0 aromatic heterocycles. The summed E-state index contributed by atoms with van der Waals surface area (Å²) in [4.78, 5) is 2.06. The zero-order valence-electron chi connectivity index (χ0n) is 24.9. The molecule has 1 aliphatic rings. The average molecular weight is 569 g/mol. The summed E-state index contributed by atoms with van der Waals surface area (Å²) in [5, 5.41) is 10.7. The molecule has 220 valence electrons. The van der Waals surface area contributed by atoms with Gasteiger partial charge in [0.25, 0.3) is 0 Å². The van der Waals surface area contributed by atoms with E-state index in [-0.39, 0.29) is 25.0 Å². The van der Waals surface area contributed by atoms with E-state index in [9.17, 15) is 13.5 Å². The first kappa shape index (κ1) is 31.9. The lowest BCUT2D eigenvalue weighted by molar-refractivity contribution is 0.217. The first-order valence-corrected chi connectivity index (χ1v) is 16.1. The van der Waals surface area contributed by atoms with Crippen molar-refractivity contribution in [2.75, 3.05) is 27.8 Å². The fourth-order valence-corrected chi connectivity index (χ4v) is 7.75. The number of benzene rings is 2. The van der Waals surface area contributed by atoms with Gasteiger partial charge in [-0.15, -0.1) is 0 Å². The molecule has 2 aromatic carbocycles. The van der Waals surface area contributed by atoms with Gasteiger partial charge in [0, 0.05) is 44.8 Å². The van der Waals surface area contributed by atoms with Crippen molar-refractivity contribution in [2.45, 2.75) is 70.1 Å². The second-order valence-corrected chi connectivity index (χ2v) is 13.1. The Morgan fingerprint density at radius 2 is 1.68 bits per heavy atom. The summed E-state index contributed by atoms with van der Waals surface area (Å²) in [7, 11) is 1.81. The van der Waals surface area contributed by atoms with Crippen LogP contribution in [0, 0.1) is 11.8 Å². The molecule has 0 bridgehead atoms. The standard InChI is InChI=1S/C33H48N2O4S/c1-6-8-15-28(25-36)32-30(23-26-16-18-29(39-5)19-17-26)33(21-9-7-2,22-20-31(32)35(3)4)40(37,38)34-24-27-13-11-10-12-14-27/h10-14,16-20,22,28,30,34,36H,6-9,15,21,23-25H2,1-5H3. The minimum Gasteiger partial charge on any atom is -0.497 e. The van der Waals surface area contributed by atoms with Crippen LogP contribution in [0.1, 0.15) is 63.5 Å². The molecule has 3 unspecified atom stereocenters. The highest BCUT2D eigenvalue weighted by molar-refractivity contribution is 7.91. The SMILES string of the molecule is CCCCC(CO)C1=C(N(C)C)C=CC(CCCC)(S(=O)(=O)NCc2ccccc2)C1Cc1ccc(OC)cc1. The smallest absolute Gasteiger partial charge is 0.221 e. The predicted molar refractivity (Wildman–Crippen MR) is 165 cm³/mol. The fraction of sp³-hybridized carbons (Fsp3) is 0.515. The van der Waals surface area contributed by atoms with E-state index in [1.807, 2.05) is 80.8 Å². The van der Waals surface area contributed by atoms with Gasteiger partial charge in [0.1, 0.15) is 10.5 Å². The maximum Gasteiger partial charge on any atom is 0.221 e. The predicted octanol–water partition coefficient (Wildman–Crippen LogP) is 6.09. The fourth-order valence-electron chi connectivity index (χ4n) is 5.88. The van der Waals surface area contributed by atoms with Gasteiger partial charge in [-0.2, -0.15) is 0 Å². The molecule has 40 heavy (non-hydrogen) atoms. The average Bonchev–Trinajstić information content (AvgIpc) is 2.97. The van der Waals surface area contributed by atoms with E-state index in [1.54, 1.807) is 7.11 Å². The molecule has 6 nitrogen and oxygen atoms in total. The summed E-state index contributed by atoms with van der Waals surface area (Å²) in [6, 6.07) is 17.6. The van der Waals surface area contributed by atoms with E-state index in [0.717, 1.165) is 60.3 Å². The molecular weight excluding hydrogens is 520 g/mol. The van der Waals surface area contributed by atoms with Crippen LogP contribution in [0.4, 0.5) is 0 Å². The molecule has 0 saturated carbocycles. The van der Waals surface area contributed by atoms with E-state index in [0.29, 0.717) is 12.8 Å². The number of unbranched alkanes of at least 4 members (excludes halogenated alkanes) is 2. The highest BCUT2D eigenvalue weighted by atomic mass is 32.2. The third-order valence-electron chi connectivity index (χ3n) is 8.16. The first-order valence-electron chi connectivity index (χ1n) is 14.6. The Bertz CT molecular complexity index is 1220. The molecule has 1 aliphatic carbocycles. The number of hydrogen-bond acceptors (Lipinski definition) is 5. The van der Waals surface area contributed by atoms with Gasteiger partial charge in [0.05, 0.1) is 7.11 Å². The Hall–Kier alpha value is -2.61. The molecule has 2 aromatic rings. The molecular formula is C33H48N2O4S. The first-order chi connectivity index (χ1) is 19.2. The van der Waals surface area contributed by atoms with Crippen molar-refractivity contribution in [1.82, 2.24) is 9.62 Å². The molecule has 0 saturated heterocycles. The van der Waals surface area contributed by atoms with Gasteiger partial charge < -0.3 is 14.7 Å². The molecule has 0 aliphatic heterocycles. The van der Waals surface area contributed by atoms with Gasteiger partial charge in [0.15, 0.2) is 0 Å². The van der Waals surface area contributed by atoms with Crippen molar-refractivity contribution >= 4 is 10.0 Å². The molecule has 3 rings (SSSR count). The number of rotatable bonds is 16. The summed E-state index contributed by atoms with van der Waals surface area (Å²) >= 11 is 0. The molecule has 2 N–H and O–H groups in total. The van der Waals surface area contributed by atoms with Crippen LogP contribution in [0.5, 0.6) is 5.75 Å². The van der Waals surface area contributed by atoms with Crippen molar-refractivity contribution in [3.63, 3.8) is 0 Å². The second kappa shape index (κ2) is 14.9. The molecule has 0 spiro atoms. The van der Waals surface area contributed by atoms with Crippen LogP contribution < -0.4 is 9.46 Å². The van der Waals surface area contributed by atoms with E-state index in [1.165, 1.54) is 0 Å². The Labute approximate surface area is 242 Å². The van der Waals surface area contributed by atoms with Crippen molar-refractivity contribution < 1.29 is 18.3 Å². The van der Waals surface area contributed by atoms with Crippen molar-refractivity contribution in [3.05, 3.63) is 89.1 Å². The highest BCUT2D eigenvalue weighted by Crippen LogP contribution is 2.47. The molecule has 0 fully saturated rings. The van der Waals surface area contributed by atoms with E-state index < -0.39 is 14.8 Å². The zero-order valence-corrected chi connectivity index (χ0v) is 25.7. The largest absolute Gasteiger partial charge is 0.497 e. The number of aliphatic hydroxyl groups excluding tert-OH is 1. The van der Waals surface area contributed by atoms with Gasteiger partial charge in [-0.05, 0) is 54.2 Å². The van der Waals surface area contributed by atoms with Crippen molar-refractivity contribution in [3.8, 4) is 5.75 Å². The molecule has 0 radical (unpaired) electrons. The summed E-state index contributed by atoms with van der Waals surface area (Å²) in [5.41, 5.74) is 4.01. The van der Waals surface area contributed by atoms with Crippen molar-refractivity contribution in [2.24, 2.45) is 11.8 Å². The Balaban J connectivity index is 2.20. The maximum absolute atomic E-state index is 14.6. The minimum absolute atomic E-state index is 0.0129. The van der Waals surface area contributed by atoms with E-state index in [2.05, 4.69) is 23.5 Å². The quantitative estimate of drug-likeness (QED) is 0.256. The summed E-state index contributed by atoms with van der Waals surface area (Å²) in [5.74, 6) is 0.288. The normalized spacial score (nSPS) is 20.0. The number of allylic oxidation sites excluding steroid dienone is 1. The van der Waals surface area contributed by atoms with Crippen LogP contribution in [-0.4, -0.2) is 51.0 Å². The monoisotopic (exact) mass is 568 g/mol. The number of aliphatic hydroxyl groups is 1. The van der Waals surface area contributed by atoms with Crippen LogP contribution in [0.15, 0.2) is 78.0 Å². The number of likely N-dealkylation sites (N-methyl/N-ethyl adjacent to an activating group) is 1. The summed E-state index contributed by atoms with van der Waals surface area (Å²) < 4.78 is 36.3. The third kappa shape index (κ3) is 7.36. The maximum atomic E-state index is 14.6. The Morgan fingerprint density at radius 3 is 2.25 bits per heavy atom. The lowest BCUT2D eigenvalue weighted by Gasteiger charge is -2.45. The van der Waals surface area contributed by atoms with E-state index in [4.69, 9.17) is 4.74 Å². The van der Waals surface area contributed by atoms with Gasteiger partial charge in [-0.25, -0.2) is 13.1 Å². The summed E-state index contributed by atoms with van der Waals surface area (Å²) in [6.45, 7) is 4.47. The topological polar surface area (TPSA) is 78.9 Å². The zero-order chi connectivity index (χ0) is 29.2. The number of methoxy groups -OCH3 is 1. The lowest BCUT2D eigenvalue weighted by atomic mass is 9.69. The van der Waals surface area contributed by atoms with Crippen LogP contribution in [0.2, 0.25) is 0 Å². The van der Waals surface area contributed by atoms with Gasteiger partial charge in [0.2, 0.25) is 10.0 Å². The molecule has 3 atom stereocenters. The van der Waals surface area contributed by atoms with E-state index >= 15 is 0 Å². The Kier molecular flexibility index (Phi) is 11.9. The number of nitrogens with one attached hydrogen (secondary N) is 1. The lowest BCUT2D eigenvalue weighted by Crippen LogP contribution is -2.53. The highest BCUT2D eigenvalue weighted by Gasteiger charge is 2.52. The van der Waals surface area contributed by atoms with Crippen LogP contribution >= 0.6 is 0 Å². The van der Waals surface area contributed by atoms with Crippen molar-refractivity contribution in [1.29, 1.82) is 0 Å². The molecule has 0 heterocycles. The minimum atomic E-state index is -3.84. The second-order valence-electron chi connectivity index (χ2n) is 11.1. The van der Waals surface area contributed by atoms with Crippen LogP contribution in [0.3, 0.4) is 0 Å². The number of ether oxygens (including phenoxy) is 1.